The largest absolute Gasteiger partial charge is 0.497 e. The van der Waals surface area contributed by atoms with Gasteiger partial charge in [0.2, 0.25) is 0 Å². The summed E-state index contributed by atoms with van der Waals surface area (Å²) in [5.41, 5.74) is 2.42. The molecule has 0 saturated carbocycles. The summed E-state index contributed by atoms with van der Waals surface area (Å²) in [4.78, 5) is 0. The molecule has 1 aromatic carbocycles. The molecule has 0 saturated heterocycles. The van der Waals surface area contributed by atoms with Crippen molar-refractivity contribution in [1.82, 2.24) is 4.57 Å². The lowest BCUT2D eigenvalue weighted by molar-refractivity contribution is 0.415. The summed E-state index contributed by atoms with van der Waals surface area (Å²) < 4.78 is 7.21. The van der Waals surface area contributed by atoms with Crippen LogP contribution in [0.15, 0.2) is 42.6 Å². The zero-order chi connectivity index (χ0) is 9.97. The van der Waals surface area contributed by atoms with Crippen molar-refractivity contribution in [3.05, 3.63) is 42.6 Å². The topological polar surface area (TPSA) is 14.2 Å². The Hall–Kier alpha value is -1.70. The quantitative estimate of drug-likeness (QED) is 0.705. The van der Waals surface area contributed by atoms with Crippen molar-refractivity contribution in [2.24, 2.45) is 7.05 Å². The average molecular weight is 187 g/mol. The van der Waals surface area contributed by atoms with Gasteiger partial charge in [-0.15, -0.1) is 0 Å². The number of aromatic nitrogens is 1. The molecule has 72 valence electrons. The van der Waals surface area contributed by atoms with E-state index < -0.39 is 0 Å². The molecule has 0 radical (unpaired) electrons. The lowest BCUT2D eigenvalue weighted by Crippen LogP contribution is -1.89. The Morgan fingerprint density at radius 1 is 1.07 bits per heavy atom. The zero-order valence-electron chi connectivity index (χ0n) is 8.40. The molecule has 2 aromatic rings. The smallest absolute Gasteiger partial charge is 0.118 e. The highest BCUT2D eigenvalue weighted by molar-refractivity contribution is 5.60. The number of nitrogens with zero attached hydrogens (tertiary/aromatic N) is 1. The number of benzene rings is 1. The third-order valence-corrected chi connectivity index (χ3v) is 2.33. The Kier molecular flexibility index (Phi) is 2.27. The molecule has 0 bridgehead atoms. The zero-order valence-corrected chi connectivity index (χ0v) is 8.40. The fraction of sp³-hybridized carbons (Fsp3) is 0.167. The lowest BCUT2D eigenvalue weighted by atomic mass is 10.1. The summed E-state index contributed by atoms with van der Waals surface area (Å²) >= 11 is 0. The van der Waals surface area contributed by atoms with Crippen LogP contribution in [-0.2, 0) is 7.05 Å². The van der Waals surface area contributed by atoms with Crippen LogP contribution in [0.4, 0.5) is 0 Å². The minimum Gasteiger partial charge on any atom is -0.497 e. The Morgan fingerprint density at radius 3 is 2.29 bits per heavy atom. The van der Waals surface area contributed by atoms with Gasteiger partial charge >= 0.3 is 0 Å². The van der Waals surface area contributed by atoms with Crippen LogP contribution in [0.5, 0.6) is 5.75 Å². The predicted octanol–water partition coefficient (Wildman–Crippen LogP) is 2.70. The third-order valence-electron chi connectivity index (χ3n) is 2.33. The molecule has 0 aliphatic rings. The first-order chi connectivity index (χ1) is 6.81. The van der Waals surface area contributed by atoms with E-state index in [-0.39, 0.29) is 0 Å². The minimum atomic E-state index is 0.892. The maximum absolute atomic E-state index is 5.11. The molecule has 0 aliphatic carbocycles. The number of methoxy groups -OCH3 is 1. The summed E-state index contributed by atoms with van der Waals surface area (Å²) in [7, 11) is 3.72. The third kappa shape index (κ3) is 1.51. The Balaban J connectivity index is 2.39. The minimum absolute atomic E-state index is 0.892. The second kappa shape index (κ2) is 3.58. The maximum atomic E-state index is 5.11. The van der Waals surface area contributed by atoms with Gasteiger partial charge in [-0.3, -0.25) is 0 Å². The molecule has 0 spiro atoms. The van der Waals surface area contributed by atoms with Gasteiger partial charge in [0, 0.05) is 18.9 Å². The van der Waals surface area contributed by atoms with Gasteiger partial charge in [0.1, 0.15) is 5.75 Å². The highest BCUT2D eigenvalue weighted by Gasteiger charge is 2.00. The lowest BCUT2D eigenvalue weighted by Gasteiger charge is -2.04. The van der Waals surface area contributed by atoms with E-state index in [1.54, 1.807) is 7.11 Å². The SMILES string of the molecule is COc1ccc(-c2cccn2C)cc1. The van der Waals surface area contributed by atoms with E-state index in [0.29, 0.717) is 0 Å². The number of aryl methyl sites for hydroxylation is 1. The van der Waals surface area contributed by atoms with Crippen molar-refractivity contribution in [2.75, 3.05) is 7.11 Å². The van der Waals surface area contributed by atoms with E-state index in [0.717, 1.165) is 5.75 Å². The van der Waals surface area contributed by atoms with Gasteiger partial charge in [-0.25, -0.2) is 0 Å². The first-order valence-electron chi connectivity index (χ1n) is 4.57. The van der Waals surface area contributed by atoms with Gasteiger partial charge in [-0.1, -0.05) is 0 Å². The summed E-state index contributed by atoms with van der Waals surface area (Å²) in [6.45, 7) is 0. The van der Waals surface area contributed by atoms with Crippen molar-refractivity contribution < 1.29 is 4.74 Å². The molecule has 0 fully saturated rings. The number of ether oxygens (including phenoxy) is 1. The molecule has 0 amide bonds. The monoisotopic (exact) mass is 187 g/mol. The van der Waals surface area contributed by atoms with E-state index in [4.69, 9.17) is 4.74 Å². The van der Waals surface area contributed by atoms with E-state index in [9.17, 15) is 0 Å². The predicted molar refractivity (Wildman–Crippen MR) is 57.4 cm³/mol. The van der Waals surface area contributed by atoms with Gasteiger partial charge in [0.05, 0.1) is 7.11 Å². The maximum Gasteiger partial charge on any atom is 0.118 e. The van der Waals surface area contributed by atoms with Crippen LogP contribution in [-0.4, -0.2) is 11.7 Å². The molecule has 14 heavy (non-hydrogen) atoms. The Labute approximate surface area is 83.8 Å². The molecule has 2 rings (SSSR count). The van der Waals surface area contributed by atoms with Gasteiger partial charge in [-0.05, 0) is 42.0 Å². The first-order valence-corrected chi connectivity index (χ1v) is 4.57. The second-order valence-electron chi connectivity index (χ2n) is 3.23. The van der Waals surface area contributed by atoms with E-state index in [1.807, 2.05) is 31.4 Å². The standard InChI is InChI=1S/C12H13NO/c1-13-9-3-4-12(13)10-5-7-11(14-2)8-6-10/h3-9H,1-2H3. The fourth-order valence-electron chi connectivity index (χ4n) is 1.52. The van der Waals surface area contributed by atoms with Crippen LogP contribution in [0.25, 0.3) is 11.3 Å². The Morgan fingerprint density at radius 2 is 1.79 bits per heavy atom. The van der Waals surface area contributed by atoms with E-state index >= 15 is 0 Å². The van der Waals surface area contributed by atoms with Crippen LogP contribution in [0.2, 0.25) is 0 Å². The molecular weight excluding hydrogens is 174 g/mol. The van der Waals surface area contributed by atoms with Crippen LogP contribution in [0.3, 0.4) is 0 Å². The molecule has 0 N–H and O–H groups in total. The van der Waals surface area contributed by atoms with Crippen LogP contribution >= 0.6 is 0 Å². The van der Waals surface area contributed by atoms with Crippen LogP contribution in [0, 0.1) is 0 Å². The molecule has 0 unspecified atom stereocenters. The van der Waals surface area contributed by atoms with Gasteiger partial charge in [-0.2, -0.15) is 0 Å². The van der Waals surface area contributed by atoms with Crippen molar-refractivity contribution in [3.63, 3.8) is 0 Å². The van der Waals surface area contributed by atoms with Gasteiger partial charge < -0.3 is 9.30 Å². The first kappa shape index (κ1) is 8.88. The Bertz CT molecular complexity index is 414. The van der Waals surface area contributed by atoms with Crippen molar-refractivity contribution in [2.45, 2.75) is 0 Å². The fourth-order valence-corrected chi connectivity index (χ4v) is 1.52. The number of hydrogen-bond acceptors (Lipinski definition) is 1. The van der Waals surface area contributed by atoms with Crippen LogP contribution < -0.4 is 4.74 Å². The molecule has 2 nitrogen and oxygen atoms in total. The van der Waals surface area contributed by atoms with Gasteiger partial charge in [0.25, 0.3) is 0 Å². The molecule has 1 heterocycles. The molecular formula is C12H13NO. The van der Waals surface area contributed by atoms with Crippen molar-refractivity contribution in [1.29, 1.82) is 0 Å². The molecule has 2 heteroatoms. The van der Waals surface area contributed by atoms with E-state index in [1.165, 1.54) is 11.3 Å². The summed E-state index contributed by atoms with van der Waals surface area (Å²) in [6.07, 6.45) is 2.04. The van der Waals surface area contributed by atoms with Crippen molar-refractivity contribution in [3.8, 4) is 17.0 Å². The molecule has 1 aromatic heterocycles. The van der Waals surface area contributed by atoms with E-state index in [2.05, 4.69) is 22.8 Å². The highest BCUT2D eigenvalue weighted by Crippen LogP contribution is 2.21. The van der Waals surface area contributed by atoms with Crippen LogP contribution in [0.1, 0.15) is 0 Å². The molecule has 0 atom stereocenters. The highest BCUT2D eigenvalue weighted by atomic mass is 16.5. The normalized spacial score (nSPS) is 10.1. The summed E-state index contributed by atoms with van der Waals surface area (Å²) in [5, 5.41) is 0. The number of rotatable bonds is 2. The second-order valence-corrected chi connectivity index (χ2v) is 3.23. The molecule has 0 aliphatic heterocycles. The summed E-state index contributed by atoms with van der Waals surface area (Å²) in [5.74, 6) is 0.892. The van der Waals surface area contributed by atoms with Gasteiger partial charge in [0.15, 0.2) is 0 Å². The average Bonchev–Trinajstić information content (AvgIpc) is 2.65. The number of hydrogen-bond donors (Lipinski definition) is 0. The summed E-state index contributed by atoms with van der Waals surface area (Å²) in [6, 6.07) is 12.2. The van der Waals surface area contributed by atoms with Crippen molar-refractivity contribution >= 4 is 0 Å².